The molecule has 0 unspecified atom stereocenters. The Hall–Kier alpha value is -3.18. The average Bonchev–Trinajstić information content (AvgIpc) is 2.78. The number of para-hydroxylation sites is 1. The number of amides is 1. The van der Waals surface area contributed by atoms with Gasteiger partial charge in [-0.3, -0.25) is 4.79 Å². The molecule has 0 saturated heterocycles. The molecule has 0 fully saturated rings. The van der Waals surface area contributed by atoms with Gasteiger partial charge in [0.1, 0.15) is 10.9 Å². The molecule has 4 nitrogen and oxygen atoms in total. The maximum atomic E-state index is 13.2. The first-order valence-electron chi connectivity index (χ1n) is 9.92. The second-order valence-corrected chi connectivity index (χ2v) is 8.45. The van der Waals surface area contributed by atoms with Crippen molar-refractivity contribution in [1.29, 1.82) is 0 Å². The number of rotatable bonds is 6. The monoisotopic (exact) mass is 413 g/mol. The number of hydrogen-bond donors (Lipinski definition) is 1. The van der Waals surface area contributed by atoms with Crippen LogP contribution in [0.3, 0.4) is 0 Å². The van der Waals surface area contributed by atoms with Crippen molar-refractivity contribution in [3.8, 4) is 0 Å². The third kappa shape index (κ3) is 4.52. The van der Waals surface area contributed by atoms with Gasteiger partial charge in [0.15, 0.2) is 0 Å². The molecule has 150 valence electrons. The van der Waals surface area contributed by atoms with E-state index in [-0.39, 0.29) is 17.2 Å². The summed E-state index contributed by atoms with van der Waals surface area (Å²) in [6, 6.07) is 27.8. The van der Waals surface area contributed by atoms with Gasteiger partial charge >= 0.3 is 0 Å². The fourth-order valence-electron chi connectivity index (χ4n) is 3.38. The van der Waals surface area contributed by atoms with Crippen LogP contribution in [0.15, 0.2) is 90.0 Å². The Labute approximate surface area is 180 Å². The molecule has 1 atom stereocenters. The van der Waals surface area contributed by atoms with E-state index >= 15 is 0 Å². The van der Waals surface area contributed by atoms with E-state index in [9.17, 15) is 4.79 Å². The first-order valence-corrected chi connectivity index (χ1v) is 10.8. The highest BCUT2D eigenvalue weighted by Gasteiger charge is 2.22. The maximum absolute atomic E-state index is 13.2. The van der Waals surface area contributed by atoms with Gasteiger partial charge in [0, 0.05) is 5.39 Å². The van der Waals surface area contributed by atoms with Crippen molar-refractivity contribution >= 4 is 28.6 Å². The van der Waals surface area contributed by atoms with E-state index in [1.54, 1.807) is 0 Å². The lowest BCUT2D eigenvalue weighted by Crippen LogP contribution is -2.35. The summed E-state index contributed by atoms with van der Waals surface area (Å²) in [5, 5.41) is 4.72. The van der Waals surface area contributed by atoms with Gasteiger partial charge in [-0.1, -0.05) is 90.6 Å². The fourth-order valence-corrected chi connectivity index (χ4v) is 4.37. The molecule has 0 saturated carbocycles. The highest BCUT2D eigenvalue weighted by atomic mass is 32.2. The number of aryl methyl sites for hydroxylation is 1. The van der Waals surface area contributed by atoms with E-state index in [2.05, 4.69) is 15.3 Å². The SMILES string of the molecule is Cc1nc(S[C@H](C)C(=O)NC(c2ccccc2)c2ccccc2)c2ccccc2n1. The zero-order valence-electron chi connectivity index (χ0n) is 16.9. The largest absolute Gasteiger partial charge is 0.344 e. The smallest absolute Gasteiger partial charge is 0.234 e. The molecule has 0 radical (unpaired) electrons. The van der Waals surface area contributed by atoms with Crippen molar-refractivity contribution in [2.75, 3.05) is 0 Å². The predicted octanol–water partition coefficient (Wildman–Crippen LogP) is 5.32. The topological polar surface area (TPSA) is 54.9 Å². The second-order valence-electron chi connectivity index (χ2n) is 7.12. The summed E-state index contributed by atoms with van der Waals surface area (Å²) in [6.45, 7) is 3.79. The van der Waals surface area contributed by atoms with Crippen LogP contribution < -0.4 is 5.32 Å². The summed E-state index contributed by atoms with van der Waals surface area (Å²) in [5.41, 5.74) is 3.00. The molecule has 1 amide bonds. The van der Waals surface area contributed by atoms with Gasteiger partial charge in [-0.2, -0.15) is 0 Å². The molecule has 0 bridgehead atoms. The number of carbonyl (C=O) groups is 1. The van der Waals surface area contributed by atoms with Gasteiger partial charge in [0.2, 0.25) is 5.91 Å². The molecule has 1 N–H and O–H groups in total. The van der Waals surface area contributed by atoms with Crippen LogP contribution in [0.5, 0.6) is 0 Å². The average molecular weight is 414 g/mol. The summed E-state index contributed by atoms with van der Waals surface area (Å²) >= 11 is 1.46. The Morgan fingerprint density at radius 1 is 0.833 bits per heavy atom. The molecule has 4 rings (SSSR count). The number of fused-ring (bicyclic) bond motifs is 1. The lowest BCUT2D eigenvalue weighted by molar-refractivity contribution is -0.120. The van der Waals surface area contributed by atoms with Crippen LogP contribution in [0.1, 0.15) is 29.9 Å². The molecular formula is C25H23N3OS. The van der Waals surface area contributed by atoms with Gasteiger partial charge in [-0.05, 0) is 31.0 Å². The highest BCUT2D eigenvalue weighted by molar-refractivity contribution is 8.00. The number of aromatic nitrogens is 2. The number of thioether (sulfide) groups is 1. The molecule has 4 aromatic rings. The van der Waals surface area contributed by atoms with Gasteiger partial charge < -0.3 is 5.32 Å². The van der Waals surface area contributed by atoms with Crippen molar-refractivity contribution in [3.63, 3.8) is 0 Å². The Balaban J connectivity index is 1.58. The molecular weight excluding hydrogens is 390 g/mol. The Morgan fingerprint density at radius 2 is 1.40 bits per heavy atom. The van der Waals surface area contributed by atoms with Crippen LogP contribution in [0.25, 0.3) is 10.9 Å². The number of carbonyl (C=O) groups excluding carboxylic acids is 1. The molecule has 1 heterocycles. The van der Waals surface area contributed by atoms with Gasteiger partial charge in [0.25, 0.3) is 0 Å². The summed E-state index contributed by atoms with van der Waals surface area (Å²) in [7, 11) is 0. The molecule has 5 heteroatoms. The van der Waals surface area contributed by atoms with Crippen molar-refractivity contribution in [2.45, 2.75) is 30.2 Å². The fraction of sp³-hybridized carbons (Fsp3) is 0.160. The van der Waals surface area contributed by atoms with E-state index in [1.807, 2.05) is 98.8 Å². The minimum absolute atomic E-state index is 0.0296. The van der Waals surface area contributed by atoms with Crippen molar-refractivity contribution in [2.24, 2.45) is 0 Å². The molecule has 0 aliphatic rings. The molecule has 0 aliphatic carbocycles. The maximum Gasteiger partial charge on any atom is 0.234 e. The first-order chi connectivity index (χ1) is 14.6. The first kappa shape index (κ1) is 20.1. The lowest BCUT2D eigenvalue weighted by Gasteiger charge is -2.22. The van der Waals surface area contributed by atoms with Gasteiger partial charge in [-0.15, -0.1) is 0 Å². The van der Waals surface area contributed by atoms with Crippen LogP contribution >= 0.6 is 11.8 Å². The molecule has 30 heavy (non-hydrogen) atoms. The number of benzene rings is 3. The molecule has 0 aliphatic heterocycles. The van der Waals surface area contributed by atoms with E-state index in [0.717, 1.165) is 27.1 Å². The summed E-state index contributed by atoms with van der Waals surface area (Å²) in [4.78, 5) is 22.2. The van der Waals surface area contributed by atoms with Crippen LogP contribution in [-0.4, -0.2) is 21.1 Å². The highest BCUT2D eigenvalue weighted by Crippen LogP contribution is 2.29. The number of nitrogens with zero attached hydrogens (tertiary/aromatic N) is 2. The quantitative estimate of drug-likeness (QED) is 0.343. The summed E-state index contributed by atoms with van der Waals surface area (Å²) in [5.74, 6) is 0.674. The predicted molar refractivity (Wildman–Crippen MR) is 122 cm³/mol. The van der Waals surface area contributed by atoms with E-state index in [4.69, 9.17) is 0 Å². The summed E-state index contributed by atoms with van der Waals surface area (Å²) < 4.78 is 0. The Bertz CT molecular complexity index is 1110. The zero-order valence-corrected chi connectivity index (χ0v) is 17.8. The standard InChI is InChI=1S/C25H23N3OS/c1-17(30-25-21-15-9-10-16-22(21)26-18(2)27-25)24(29)28-23(19-11-5-3-6-12-19)20-13-7-4-8-14-20/h3-17,23H,1-2H3,(H,28,29)/t17-/m1/s1. The van der Waals surface area contributed by atoms with E-state index in [1.165, 1.54) is 11.8 Å². The Kier molecular flexibility index (Phi) is 6.10. The zero-order chi connectivity index (χ0) is 20.9. The molecule has 1 aromatic heterocycles. The lowest BCUT2D eigenvalue weighted by atomic mass is 9.98. The number of nitrogens with one attached hydrogen (secondary N) is 1. The van der Waals surface area contributed by atoms with Crippen LogP contribution in [0.4, 0.5) is 0 Å². The van der Waals surface area contributed by atoms with E-state index < -0.39 is 0 Å². The number of hydrogen-bond acceptors (Lipinski definition) is 4. The van der Waals surface area contributed by atoms with Crippen molar-refractivity contribution in [1.82, 2.24) is 15.3 Å². The van der Waals surface area contributed by atoms with Crippen LogP contribution in [0.2, 0.25) is 0 Å². The van der Waals surface area contributed by atoms with Gasteiger partial charge in [0.05, 0.1) is 16.8 Å². The van der Waals surface area contributed by atoms with Crippen molar-refractivity contribution in [3.05, 3.63) is 102 Å². The third-order valence-electron chi connectivity index (χ3n) is 4.89. The van der Waals surface area contributed by atoms with Crippen molar-refractivity contribution < 1.29 is 4.79 Å². The molecule has 0 spiro atoms. The minimum atomic E-state index is -0.308. The normalized spacial score (nSPS) is 12.1. The summed E-state index contributed by atoms with van der Waals surface area (Å²) in [6.07, 6.45) is 0. The van der Waals surface area contributed by atoms with Crippen LogP contribution in [0, 0.1) is 6.92 Å². The van der Waals surface area contributed by atoms with Crippen LogP contribution in [-0.2, 0) is 4.79 Å². The molecule has 3 aromatic carbocycles. The second kappa shape index (κ2) is 9.09. The third-order valence-corrected chi connectivity index (χ3v) is 5.99. The van der Waals surface area contributed by atoms with E-state index in [0.29, 0.717) is 5.82 Å². The Morgan fingerprint density at radius 3 is 2.03 bits per heavy atom. The minimum Gasteiger partial charge on any atom is -0.344 e. The van der Waals surface area contributed by atoms with Gasteiger partial charge in [-0.25, -0.2) is 9.97 Å².